The van der Waals surface area contributed by atoms with Crippen LogP contribution in [-0.2, 0) is 20.8 Å². The quantitative estimate of drug-likeness (QED) is 0.231. The standard InChI is InChI=1S/C9H22N.C3H9N.2H2O4S/c1-5-6-7-8-9-10(2,3)4;1-4(2)3;2*1-5(2,3)4/h5-9H2,1-4H3;1-3H3;2*(H2,1,2,3,4)/q+1;;;/p-1. The van der Waals surface area contributed by atoms with Crippen molar-refractivity contribution in [1.82, 2.24) is 0 Å². The van der Waals surface area contributed by atoms with Gasteiger partial charge in [-0.3, -0.25) is 9.11 Å². The predicted molar refractivity (Wildman–Crippen MR) is 90.4 cm³/mol. The van der Waals surface area contributed by atoms with Gasteiger partial charge in [-0.15, -0.1) is 0 Å². The first kappa shape index (κ1) is 31.4. The van der Waals surface area contributed by atoms with Crippen LogP contribution >= 0.6 is 0 Å². The van der Waals surface area contributed by atoms with Crippen molar-refractivity contribution in [3.63, 3.8) is 0 Å². The Morgan fingerprint density at radius 1 is 0.833 bits per heavy atom. The summed E-state index contributed by atoms with van der Waals surface area (Å²) in [6, 6.07) is 0. The first-order valence-corrected chi connectivity index (χ1v) is 9.96. The van der Waals surface area contributed by atoms with E-state index in [1.165, 1.54) is 37.1 Å². The lowest BCUT2D eigenvalue weighted by molar-refractivity contribution is -0.870. The first-order valence-electron chi connectivity index (χ1n) is 7.23. The maximum atomic E-state index is 8.63. The molecule has 0 aliphatic rings. The molecular formula is C12H34N2O8S2. The molecule has 0 unspecified atom stereocenters. The Balaban J connectivity index is -0.000000121. The molecule has 0 heterocycles. The average Bonchev–Trinajstić information content (AvgIpc) is 2.17. The second-order valence-corrected chi connectivity index (χ2v) is 8.14. The Hall–Kier alpha value is -0.340. The van der Waals surface area contributed by atoms with Crippen molar-refractivity contribution in [1.29, 1.82) is 0 Å². The van der Waals surface area contributed by atoms with Crippen molar-refractivity contribution >= 4 is 20.8 Å². The van der Waals surface area contributed by atoms with Gasteiger partial charge < -0.3 is 18.5 Å². The van der Waals surface area contributed by atoms with Crippen LogP contribution in [0.2, 0.25) is 0 Å². The molecule has 0 bridgehead atoms. The van der Waals surface area contributed by atoms with Gasteiger partial charge in [0.2, 0.25) is 20.8 Å². The summed E-state index contributed by atoms with van der Waals surface area (Å²) in [7, 11) is 3.18. The maximum Gasteiger partial charge on any atom is 0.215 e. The zero-order valence-electron chi connectivity index (χ0n) is 15.6. The molecule has 0 rings (SSSR count). The van der Waals surface area contributed by atoms with Crippen LogP contribution in [0.3, 0.4) is 0 Å². The highest BCUT2D eigenvalue weighted by molar-refractivity contribution is 7.80. The van der Waals surface area contributed by atoms with Gasteiger partial charge in [0.05, 0.1) is 48.8 Å². The zero-order chi connectivity index (χ0) is 20.6. The van der Waals surface area contributed by atoms with Crippen LogP contribution < -0.4 is 4.90 Å². The molecule has 0 aliphatic carbocycles. The highest BCUT2D eigenvalue weighted by Crippen LogP contribution is 2.01. The second-order valence-electron chi connectivity index (χ2n) is 6.43. The van der Waals surface area contributed by atoms with Crippen molar-refractivity contribution in [3.8, 4) is 0 Å². The van der Waals surface area contributed by atoms with E-state index in [4.69, 9.17) is 35.0 Å². The predicted octanol–water partition coefficient (Wildman–Crippen LogP) is -0.957. The smallest absolute Gasteiger partial charge is 0.215 e. The van der Waals surface area contributed by atoms with Crippen molar-refractivity contribution in [2.24, 2.45) is 0 Å². The monoisotopic (exact) mass is 398 g/mol. The summed E-state index contributed by atoms with van der Waals surface area (Å²) in [5.74, 6) is 0. The summed E-state index contributed by atoms with van der Waals surface area (Å²) in [5, 5.41) is 0. The summed E-state index contributed by atoms with van der Waals surface area (Å²) in [6.07, 6.45) is 5.54. The van der Waals surface area contributed by atoms with Gasteiger partial charge in [-0.1, -0.05) is 19.8 Å². The minimum absolute atomic E-state index is 1.11. The molecule has 0 aliphatic heterocycles. The molecular weight excluding hydrogens is 364 g/mol. The largest absolute Gasteiger partial charge is 0.726 e. The van der Waals surface area contributed by atoms with E-state index in [9.17, 15) is 0 Å². The topological polar surface area (TPSA) is 159 Å². The Kier molecular flexibility index (Phi) is 21.1. The van der Waals surface area contributed by atoms with E-state index in [2.05, 4.69) is 49.2 Å². The SMILES string of the molecule is CCCCCC[N+](C)(C)C.C[NH+](C)C.O=S(=O)([O-])O.O=S(=O)([O-])O. The van der Waals surface area contributed by atoms with Crippen molar-refractivity contribution in [3.05, 3.63) is 0 Å². The molecule has 0 atom stereocenters. The van der Waals surface area contributed by atoms with Gasteiger partial charge in [0.25, 0.3) is 0 Å². The van der Waals surface area contributed by atoms with Gasteiger partial charge in [-0.25, -0.2) is 16.8 Å². The Labute approximate surface area is 147 Å². The summed E-state index contributed by atoms with van der Waals surface area (Å²) < 4.78 is 66.8. The number of hydrogen-bond acceptors (Lipinski definition) is 6. The van der Waals surface area contributed by atoms with E-state index in [0.29, 0.717) is 0 Å². The molecule has 12 heteroatoms. The van der Waals surface area contributed by atoms with Gasteiger partial charge in [0.1, 0.15) is 0 Å². The fourth-order valence-corrected chi connectivity index (χ4v) is 1.01. The zero-order valence-corrected chi connectivity index (χ0v) is 17.3. The Bertz CT molecular complexity index is 407. The normalized spacial score (nSPS) is 11.3. The van der Waals surface area contributed by atoms with E-state index < -0.39 is 20.8 Å². The van der Waals surface area contributed by atoms with E-state index in [1.54, 1.807) is 0 Å². The van der Waals surface area contributed by atoms with Crippen molar-refractivity contribution in [2.45, 2.75) is 32.6 Å². The summed E-state index contributed by atoms with van der Waals surface area (Å²) in [6.45, 7) is 3.58. The van der Waals surface area contributed by atoms with Crippen LogP contribution in [0, 0.1) is 0 Å². The van der Waals surface area contributed by atoms with Crippen LogP contribution in [0.4, 0.5) is 0 Å². The third-order valence-corrected chi connectivity index (χ3v) is 1.68. The van der Waals surface area contributed by atoms with Crippen LogP contribution in [0.25, 0.3) is 0 Å². The van der Waals surface area contributed by atoms with Crippen molar-refractivity contribution in [2.75, 3.05) is 48.8 Å². The third kappa shape index (κ3) is 208. The molecule has 10 nitrogen and oxygen atoms in total. The molecule has 152 valence electrons. The molecule has 0 aromatic rings. The van der Waals surface area contributed by atoms with E-state index in [1.807, 2.05) is 0 Å². The van der Waals surface area contributed by atoms with E-state index in [-0.39, 0.29) is 0 Å². The summed E-state index contributed by atoms with van der Waals surface area (Å²) in [5.41, 5.74) is 0. The fourth-order valence-electron chi connectivity index (χ4n) is 1.01. The molecule has 0 amide bonds. The molecule has 0 saturated carbocycles. The molecule has 0 spiro atoms. The van der Waals surface area contributed by atoms with Crippen LogP contribution in [0.1, 0.15) is 32.6 Å². The minimum atomic E-state index is -4.92. The fraction of sp³-hybridized carbons (Fsp3) is 1.00. The Morgan fingerprint density at radius 2 is 1.08 bits per heavy atom. The molecule has 0 radical (unpaired) electrons. The van der Waals surface area contributed by atoms with Crippen LogP contribution in [-0.4, -0.2) is 88.4 Å². The molecule has 0 aromatic carbocycles. The van der Waals surface area contributed by atoms with Gasteiger partial charge in [0, 0.05) is 0 Å². The number of unbranched alkanes of at least 4 members (excludes halogenated alkanes) is 3. The lowest BCUT2D eigenvalue weighted by Crippen LogP contribution is -3.02. The highest BCUT2D eigenvalue weighted by Gasteiger charge is 2.04. The summed E-state index contributed by atoms with van der Waals surface area (Å²) in [4.78, 5) is 1.42. The lowest BCUT2D eigenvalue weighted by atomic mass is 10.2. The first-order chi connectivity index (χ1) is 10.3. The number of hydrogen-bond donors (Lipinski definition) is 3. The van der Waals surface area contributed by atoms with Crippen molar-refractivity contribution < 1.29 is 44.4 Å². The van der Waals surface area contributed by atoms with Gasteiger partial charge in [0.15, 0.2) is 0 Å². The molecule has 0 fully saturated rings. The highest BCUT2D eigenvalue weighted by atomic mass is 32.3. The van der Waals surface area contributed by atoms with Gasteiger partial charge in [-0.2, -0.15) is 0 Å². The van der Waals surface area contributed by atoms with Crippen LogP contribution in [0.15, 0.2) is 0 Å². The number of rotatable bonds is 5. The maximum absolute atomic E-state index is 8.63. The third-order valence-electron chi connectivity index (χ3n) is 1.68. The average molecular weight is 399 g/mol. The molecule has 0 aromatic heterocycles. The number of quaternary nitrogens is 2. The lowest BCUT2D eigenvalue weighted by Gasteiger charge is -2.23. The molecule has 0 saturated heterocycles. The summed E-state index contributed by atoms with van der Waals surface area (Å²) >= 11 is 0. The molecule has 24 heavy (non-hydrogen) atoms. The van der Waals surface area contributed by atoms with Crippen LogP contribution in [0.5, 0.6) is 0 Å². The van der Waals surface area contributed by atoms with E-state index >= 15 is 0 Å². The van der Waals surface area contributed by atoms with Gasteiger partial charge >= 0.3 is 0 Å². The van der Waals surface area contributed by atoms with Gasteiger partial charge in [-0.05, 0) is 12.8 Å². The minimum Gasteiger partial charge on any atom is -0.726 e. The second kappa shape index (κ2) is 16.1. The van der Waals surface area contributed by atoms with E-state index in [0.717, 1.165) is 4.48 Å². The Morgan fingerprint density at radius 3 is 1.25 bits per heavy atom. The number of nitrogens with zero attached hydrogens (tertiary/aromatic N) is 1. The number of nitrogens with one attached hydrogen (secondary N) is 1. The molecule has 3 N–H and O–H groups in total.